The summed E-state index contributed by atoms with van der Waals surface area (Å²) in [6.45, 7) is 1.73. The monoisotopic (exact) mass is 359 g/mol. The summed E-state index contributed by atoms with van der Waals surface area (Å²) in [5, 5.41) is 3.15. The van der Waals surface area contributed by atoms with Crippen LogP contribution in [0.25, 0.3) is 0 Å². The second kappa shape index (κ2) is 6.55. The summed E-state index contributed by atoms with van der Waals surface area (Å²) >= 11 is 0. The first-order chi connectivity index (χ1) is 12.4. The molecule has 2 aromatic rings. The second-order valence-electron chi connectivity index (χ2n) is 5.77. The maximum absolute atomic E-state index is 13.3. The molecule has 8 heteroatoms. The maximum atomic E-state index is 13.3. The van der Waals surface area contributed by atoms with Gasteiger partial charge in [0.25, 0.3) is 11.8 Å². The van der Waals surface area contributed by atoms with Crippen LogP contribution in [0.3, 0.4) is 0 Å². The Morgan fingerprint density at radius 1 is 1.12 bits per heavy atom. The third kappa shape index (κ3) is 2.79. The van der Waals surface area contributed by atoms with Crippen LogP contribution in [0, 0.1) is 11.6 Å². The molecule has 4 amide bonds. The third-order valence-electron chi connectivity index (χ3n) is 4.28. The van der Waals surface area contributed by atoms with Crippen molar-refractivity contribution in [3.63, 3.8) is 0 Å². The average molecular weight is 359 g/mol. The van der Waals surface area contributed by atoms with Crippen LogP contribution in [-0.2, 0) is 10.3 Å². The van der Waals surface area contributed by atoms with Gasteiger partial charge < -0.3 is 5.32 Å². The number of hydrogen-bond donors (Lipinski definition) is 2. The third-order valence-corrected chi connectivity index (χ3v) is 4.28. The Labute approximate surface area is 147 Å². The van der Waals surface area contributed by atoms with Gasteiger partial charge in [0, 0.05) is 5.56 Å². The summed E-state index contributed by atoms with van der Waals surface area (Å²) in [6.07, 6.45) is 0.263. The lowest BCUT2D eigenvalue weighted by atomic mass is 9.87. The highest BCUT2D eigenvalue weighted by molar-refractivity contribution is 6.09. The number of rotatable bonds is 4. The molecule has 0 aliphatic carbocycles. The number of hydrogen-bond acceptors (Lipinski definition) is 3. The van der Waals surface area contributed by atoms with E-state index in [1.165, 1.54) is 0 Å². The number of nitrogens with zero attached hydrogens (tertiary/aromatic N) is 1. The molecular weight excluding hydrogens is 344 g/mol. The van der Waals surface area contributed by atoms with Gasteiger partial charge >= 0.3 is 6.03 Å². The molecule has 0 bridgehead atoms. The molecule has 3 rings (SSSR count). The number of nitrogens with one attached hydrogen (secondary N) is 2. The van der Waals surface area contributed by atoms with Gasteiger partial charge in [-0.05, 0) is 30.2 Å². The zero-order valence-electron chi connectivity index (χ0n) is 13.8. The Kier molecular flexibility index (Phi) is 4.41. The second-order valence-corrected chi connectivity index (χ2v) is 5.77. The summed E-state index contributed by atoms with van der Waals surface area (Å²) in [5.74, 6) is -3.88. The van der Waals surface area contributed by atoms with Gasteiger partial charge in [-0.2, -0.15) is 5.01 Å². The fourth-order valence-electron chi connectivity index (χ4n) is 2.84. The van der Waals surface area contributed by atoms with Gasteiger partial charge in [0.15, 0.2) is 11.6 Å². The number of halogens is 2. The van der Waals surface area contributed by atoms with Gasteiger partial charge in [-0.3, -0.25) is 15.0 Å². The molecule has 2 N–H and O–H groups in total. The Morgan fingerprint density at radius 2 is 1.81 bits per heavy atom. The first-order valence-electron chi connectivity index (χ1n) is 7.87. The molecule has 2 aromatic carbocycles. The van der Waals surface area contributed by atoms with Crippen molar-refractivity contribution in [1.29, 1.82) is 0 Å². The summed E-state index contributed by atoms with van der Waals surface area (Å²) in [4.78, 5) is 37.3. The quantitative estimate of drug-likeness (QED) is 0.823. The zero-order valence-corrected chi connectivity index (χ0v) is 13.8. The van der Waals surface area contributed by atoms with E-state index in [0.717, 1.165) is 12.1 Å². The lowest BCUT2D eigenvalue weighted by Gasteiger charge is -2.25. The van der Waals surface area contributed by atoms with Gasteiger partial charge in [-0.25, -0.2) is 13.6 Å². The van der Waals surface area contributed by atoms with Crippen molar-refractivity contribution in [1.82, 2.24) is 15.8 Å². The minimum absolute atomic E-state index is 0.224. The molecule has 1 atom stereocenters. The first kappa shape index (κ1) is 17.5. The lowest BCUT2D eigenvalue weighted by molar-refractivity contribution is -0.133. The summed E-state index contributed by atoms with van der Waals surface area (Å²) in [6, 6.07) is 10.3. The van der Waals surface area contributed by atoms with E-state index in [1.807, 2.05) is 0 Å². The summed E-state index contributed by atoms with van der Waals surface area (Å²) in [7, 11) is 0. The molecule has 0 radical (unpaired) electrons. The number of imide groups is 1. The molecule has 1 fully saturated rings. The van der Waals surface area contributed by atoms with Crippen LogP contribution in [0.5, 0.6) is 0 Å². The van der Waals surface area contributed by atoms with Crippen molar-refractivity contribution in [2.75, 3.05) is 0 Å². The van der Waals surface area contributed by atoms with Crippen LogP contribution in [0.15, 0.2) is 48.5 Å². The highest BCUT2D eigenvalue weighted by Crippen LogP contribution is 2.31. The van der Waals surface area contributed by atoms with E-state index in [9.17, 15) is 23.2 Å². The van der Waals surface area contributed by atoms with E-state index in [0.29, 0.717) is 16.6 Å². The van der Waals surface area contributed by atoms with Crippen molar-refractivity contribution < 1.29 is 23.2 Å². The lowest BCUT2D eigenvalue weighted by Crippen LogP contribution is -2.48. The van der Waals surface area contributed by atoms with Crippen molar-refractivity contribution in [3.05, 3.63) is 71.3 Å². The molecule has 0 aromatic heterocycles. The fraction of sp³-hybridized carbons (Fsp3) is 0.167. The number of urea groups is 1. The van der Waals surface area contributed by atoms with Crippen LogP contribution in [0.2, 0.25) is 0 Å². The van der Waals surface area contributed by atoms with Crippen molar-refractivity contribution in [2.45, 2.75) is 18.9 Å². The van der Waals surface area contributed by atoms with E-state index >= 15 is 0 Å². The van der Waals surface area contributed by atoms with E-state index in [1.54, 1.807) is 37.3 Å². The molecule has 0 saturated carbocycles. The minimum atomic E-state index is -1.31. The molecular formula is C18H15F2N3O3. The number of hydrazine groups is 1. The molecule has 0 unspecified atom stereocenters. The number of carbonyl (C=O) groups is 3. The molecule has 0 spiro atoms. The molecule has 6 nitrogen and oxygen atoms in total. The Morgan fingerprint density at radius 3 is 2.42 bits per heavy atom. The Balaban J connectivity index is 1.87. The van der Waals surface area contributed by atoms with E-state index in [2.05, 4.69) is 10.7 Å². The van der Waals surface area contributed by atoms with Crippen LogP contribution in [0.4, 0.5) is 13.6 Å². The highest BCUT2D eigenvalue weighted by Gasteiger charge is 2.52. The van der Waals surface area contributed by atoms with Crippen molar-refractivity contribution in [3.8, 4) is 0 Å². The SMILES string of the molecule is CC[C@]1(c2ccccc2)NC(=O)N(NC(=O)c2ccc(F)c(F)c2)C1=O. The maximum Gasteiger partial charge on any atom is 0.344 e. The predicted octanol–water partition coefficient (Wildman–Crippen LogP) is 2.47. The zero-order chi connectivity index (χ0) is 18.9. The number of benzene rings is 2. The molecule has 1 aliphatic heterocycles. The van der Waals surface area contributed by atoms with Gasteiger partial charge in [0.1, 0.15) is 5.54 Å². The number of carbonyl (C=O) groups excluding carboxylic acids is 3. The Hall–Kier alpha value is -3.29. The molecule has 1 saturated heterocycles. The largest absolute Gasteiger partial charge is 0.344 e. The fourth-order valence-corrected chi connectivity index (χ4v) is 2.84. The van der Waals surface area contributed by atoms with Gasteiger partial charge in [-0.1, -0.05) is 37.3 Å². The normalized spacial score (nSPS) is 19.4. The van der Waals surface area contributed by atoms with Gasteiger partial charge in [-0.15, -0.1) is 0 Å². The number of amides is 4. The van der Waals surface area contributed by atoms with E-state index in [-0.39, 0.29) is 12.0 Å². The van der Waals surface area contributed by atoms with Crippen molar-refractivity contribution in [2.24, 2.45) is 0 Å². The Bertz CT molecular complexity index is 889. The van der Waals surface area contributed by atoms with E-state index < -0.39 is 35.0 Å². The highest BCUT2D eigenvalue weighted by atomic mass is 19.2. The van der Waals surface area contributed by atoms with Crippen LogP contribution >= 0.6 is 0 Å². The molecule has 1 aliphatic rings. The minimum Gasteiger partial charge on any atom is -0.318 e. The van der Waals surface area contributed by atoms with Gasteiger partial charge in [0.05, 0.1) is 0 Å². The molecule has 26 heavy (non-hydrogen) atoms. The predicted molar refractivity (Wildman–Crippen MR) is 87.6 cm³/mol. The van der Waals surface area contributed by atoms with Crippen molar-refractivity contribution >= 4 is 17.8 Å². The first-order valence-corrected chi connectivity index (χ1v) is 7.87. The standard InChI is InChI=1S/C18H15F2N3O3/c1-2-18(12-6-4-3-5-7-12)16(25)23(17(26)21-18)22-15(24)11-8-9-13(19)14(20)10-11/h3-10H,2H2,1H3,(H,21,26)(H,22,24)/t18-/m1/s1. The molecule has 134 valence electrons. The van der Waals surface area contributed by atoms with Crippen LogP contribution in [-0.4, -0.2) is 22.9 Å². The molecule has 1 heterocycles. The summed E-state index contributed by atoms with van der Waals surface area (Å²) in [5.41, 5.74) is 1.19. The average Bonchev–Trinajstić information content (AvgIpc) is 2.89. The van der Waals surface area contributed by atoms with Gasteiger partial charge in [0.2, 0.25) is 0 Å². The van der Waals surface area contributed by atoms with Crippen LogP contribution in [0.1, 0.15) is 29.3 Å². The smallest absolute Gasteiger partial charge is 0.318 e. The summed E-state index contributed by atoms with van der Waals surface area (Å²) < 4.78 is 26.3. The van der Waals surface area contributed by atoms with E-state index in [4.69, 9.17) is 0 Å². The topological polar surface area (TPSA) is 78.5 Å². The van der Waals surface area contributed by atoms with Crippen LogP contribution < -0.4 is 10.7 Å².